The van der Waals surface area contributed by atoms with Crippen LogP contribution >= 0.6 is 0 Å². The molecule has 1 aromatic carbocycles. The lowest BCUT2D eigenvalue weighted by atomic mass is 10.0. The highest BCUT2D eigenvalue weighted by atomic mass is 28.4. The van der Waals surface area contributed by atoms with Crippen LogP contribution in [0, 0.1) is 0 Å². The maximum atomic E-state index is 12.3. The van der Waals surface area contributed by atoms with Gasteiger partial charge in [-0.2, -0.15) is 0 Å². The Hall–Kier alpha value is -1.79. The standard InChI is InChI=1S/C23H36O5Si/c1-23(2,3)29(6,7)27-16-15-21(19-9-8-10-20(19)22(24)26-5)28-18-13-11-17(25-4)12-14-18/h11-14,21H,8-10,15-16H2,1-7H3/t21-/m0/s1. The second-order valence-corrected chi connectivity index (χ2v) is 13.8. The van der Waals surface area contributed by atoms with Gasteiger partial charge in [0.2, 0.25) is 0 Å². The Morgan fingerprint density at radius 3 is 2.24 bits per heavy atom. The van der Waals surface area contributed by atoms with Crippen LogP contribution in [-0.2, 0) is 14.0 Å². The number of benzene rings is 1. The third-order valence-corrected chi connectivity index (χ3v) is 10.6. The van der Waals surface area contributed by atoms with Crippen molar-refractivity contribution in [1.29, 1.82) is 0 Å². The third kappa shape index (κ3) is 6.09. The Morgan fingerprint density at radius 2 is 1.69 bits per heavy atom. The van der Waals surface area contributed by atoms with Gasteiger partial charge in [-0.1, -0.05) is 20.8 Å². The van der Waals surface area contributed by atoms with Crippen molar-refractivity contribution in [2.75, 3.05) is 20.8 Å². The predicted molar refractivity (Wildman–Crippen MR) is 118 cm³/mol. The fourth-order valence-corrected chi connectivity index (χ4v) is 4.30. The zero-order valence-corrected chi connectivity index (χ0v) is 20.0. The highest BCUT2D eigenvalue weighted by molar-refractivity contribution is 6.74. The van der Waals surface area contributed by atoms with Crippen LogP contribution in [0.1, 0.15) is 46.5 Å². The van der Waals surface area contributed by atoms with Crippen LogP contribution in [-0.4, -0.2) is 41.2 Å². The van der Waals surface area contributed by atoms with Gasteiger partial charge in [-0.3, -0.25) is 0 Å². The lowest BCUT2D eigenvalue weighted by Gasteiger charge is -2.36. The SMILES string of the molecule is COC(=O)C1=C([C@H](CCO[Si](C)(C)C(C)(C)C)Oc2ccc(OC)cc2)CCC1. The molecule has 29 heavy (non-hydrogen) atoms. The van der Waals surface area contributed by atoms with E-state index in [4.69, 9.17) is 18.6 Å². The first-order chi connectivity index (χ1) is 13.6. The smallest absolute Gasteiger partial charge is 0.333 e. The molecule has 1 aliphatic carbocycles. The summed E-state index contributed by atoms with van der Waals surface area (Å²) in [5.41, 5.74) is 1.81. The Labute approximate surface area is 176 Å². The van der Waals surface area contributed by atoms with Crippen LogP contribution < -0.4 is 9.47 Å². The second kappa shape index (κ2) is 9.81. The molecule has 0 aliphatic heterocycles. The first-order valence-corrected chi connectivity index (χ1v) is 13.2. The van der Waals surface area contributed by atoms with Crippen molar-refractivity contribution in [2.45, 2.75) is 70.7 Å². The molecule has 5 nitrogen and oxygen atoms in total. The molecule has 0 aromatic heterocycles. The highest BCUT2D eigenvalue weighted by Crippen LogP contribution is 2.37. The molecule has 0 heterocycles. The first kappa shape index (κ1) is 23.5. The van der Waals surface area contributed by atoms with Crippen LogP contribution in [0.25, 0.3) is 0 Å². The minimum absolute atomic E-state index is 0.156. The van der Waals surface area contributed by atoms with Gasteiger partial charge in [0.25, 0.3) is 0 Å². The number of hydrogen-bond donors (Lipinski definition) is 0. The molecule has 0 N–H and O–H groups in total. The molecule has 0 saturated heterocycles. The van der Waals surface area contributed by atoms with Gasteiger partial charge in [0, 0.05) is 18.6 Å². The van der Waals surface area contributed by atoms with Gasteiger partial charge in [-0.15, -0.1) is 0 Å². The number of hydrogen-bond acceptors (Lipinski definition) is 5. The fourth-order valence-electron chi connectivity index (χ4n) is 3.24. The molecule has 0 spiro atoms. The summed E-state index contributed by atoms with van der Waals surface area (Å²) in [6.07, 6.45) is 3.04. The maximum absolute atomic E-state index is 12.3. The topological polar surface area (TPSA) is 54.0 Å². The molecule has 1 aromatic rings. The highest BCUT2D eigenvalue weighted by Gasteiger charge is 2.37. The summed E-state index contributed by atoms with van der Waals surface area (Å²) in [5.74, 6) is 1.29. The van der Waals surface area contributed by atoms with Gasteiger partial charge >= 0.3 is 5.97 Å². The Kier molecular flexibility index (Phi) is 7.94. The Morgan fingerprint density at radius 1 is 1.07 bits per heavy atom. The molecule has 1 atom stereocenters. The molecule has 0 fully saturated rings. The molecule has 162 valence electrons. The van der Waals surface area contributed by atoms with E-state index in [2.05, 4.69) is 33.9 Å². The summed E-state index contributed by atoms with van der Waals surface area (Å²) in [4.78, 5) is 12.3. The number of rotatable bonds is 9. The van der Waals surface area contributed by atoms with Crippen LogP contribution in [0.2, 0.25) is 18.1 Å². The molecule has 0 bridgehead atoms. The Bertz CT molecular complexity index is 716. The van der Waals surface area contributed by atoms with Gasteiger partial charge < -0.3 is 18.6 Å². The van der Waals surface area contributed by atoms with Gasteiger partial charge in [-0.25, -0.2) is 4.79 Å². The molecule has 6 heteroatoms. The number of methoxy groups -OCH3 is 2. The molecular weight excluding hydrogens is 384 g/mol. The van der Waals surface area contributed by atoms with E-state index in [9.17, 15) is 4.79 Å². The minimum Gasteiger partial charge on any atom is -0.497 e. The largest absolute Gasteiger partial charge is 0.497 e. The molecule has 0 radical (unpaired) electrons. The van der Waals surface area contributed by atoms with Crippen LogP contribution in [0.3, 0.4) is 0 Å². The number of carbonyl (C=O) groups excluding carboxylic acids is 1. The summed E-state index contributed by atoms with van der Waals surface area (Å²) in [6.45, 7) is 11.8. The zero-order valence-electron chi connectivity index (χ0n) is 19.0. The number of esters is 1. The van der Waals surface area contributed by atoms with E-state index < -0.39 is 8.32 Å². The summed E-state index contributed by atoms with van der Waals surface area (Å²) in [5, 5.41) is 0.156. The number of carbonyl (C=O) groups is 1. The van der Waals surface area contributed by atoms with E-state index >= 15 is 0 Å². The van der Waals surface area contributed by atoms with Crippen LogP contribution in [0.4, 0.5) is 0 Å². The van der Waals surface area contributed by atoms with Gasteiger partial charge in [0.05, 0.1) is 14.2 Å². The summed E-state index contributed by atoms with van der Waals surface area (Å²) < 4.78 is 23.0. The van der Waals surface area contributed by atoms with Crippen LogP contribution in [0.5, 0.6) is 11.5 Å². The van der Waals surface area contributed by atoms with E-state index in [-0.39, 0.29) is 17.1 Å². The molecule has 1 aliphatic rings. The third-order valence-electron chi connectivity index (χ3n) is 6.07. The zero-order chi connectivity index (χ0) is 21.7. The van der Waals surface area contributed by atoms with Gasteiger partial charge in [0.1, 0.15) is 17.6 Å². The van der Waals surface area contributed by atoms with Crippen molar-refractivity contribution in [2.24, 2.45) is 0 Å². The quantitative estimate of drug-likeness (QED) is 0.389. The number of ether oxygens (including phenoxy) is 3. The first-order valence-electron chi connectivity index (χ1n) is 10.3. The van der Waals surface area contributed by atoms with Crippen molar-refractivity contribution in [1.82, 2.24) is 0 Å². The van der Waals surface area contributed by atoms with Crippen molar-refractivity contribution < 1.29 is 23.4 Å². The van der Waals surface area contributed by atoms with E-state index in [0.717, 1.165) is 41.9 Å². The maximum Gasteiger partial charge on any atom is 0.333 e. The molecule has 0 saturated carbocycles. The lowest BCUT2D eigenvalue weighted by Crippen LogP contribution is -2.41. The van der Waals surface area contributed by atoms with Crippen LogP contribution in [0.15, 0.2) is 35.4 Å². The normalized spacial score (nSPS) is 16.0. The van der Waals surface area contributed by atoms with Crippen molar-refractivity contribution in [3.63, 3.8) is 0 Å². The average molecular weight is 421 g/mol. The summed E-state index contributed by atoms with van der Waals surface area (Å²) in [6, 6.07) is 7.55. The predicted octanol–water partition coefficient (Wildman–Crippen LogP) is 5.51. The Balaban J connectivity index is 2.19. The average Bonchev–Trinajstić information content (AvgIpc) is 3.16. The van der Waals surface area contributed by atoms with Crippen molar-refractivity contribution in [3.8, 4) is 11.5 Å². The fraction of sp³-hybridized carbons (Fsp3) is 0.609. The molecule has 0 amide bonds. The van der Waals surface area contributed by atoms with E-state index in [1.807, 2.05) is 24.3 Å². The minimum atomic E-state index is -1.84. The molecule has 2 rings (SSSR count). The second-order valence-electron chi connectivity index (χ2n) is 9.03. The lowest BCUT2D eigenvalue weighted by molar-refractivity contribution is -0.136. The molecular formula is C23H36O5Si. The summed E-state index contributed by atoms with van der Waals surface area (Å²) >= 11 is 0. The van der Waals surface area contributed by atoms with Gasteiger partial charge in [0.15, 0.2) is 8.32 Å². The van der Waals surface area contributed by atoms with E-state index in [0.29, 0.717) is 13.0 Å². The van der Waals surface area contributed by atoms with E-state index in [1.54, 1.807) is 7.11 Å². The van der Waals surface area contributed by atoms with Gasteiger partial charge in [-0.05, 0) is 67.2 Å². The monoisotopic (exact) mass is 420 g/mol. The summed E-state index contributed by atoms with van der Waals surface area (Å²) in [7, 11) is 1.24. The van der Waals surface area contributed by atoms with E-state index in [1.165, 1.54) is 7.11 Å². The molecule has 0 unspecified atom stereocenters. The van der Waals surface area contributed by atoms with Crippen molar-refractivity contribution in [3.05, 3.63) is 35.4 Å². The van der Waals surface area contributed by atoms with Crippen molar-refractivity contribution >= 4 is 14.3 Å².